The number of hydrogen-bond acceptors (Lipinski definition) is 5. The van der Waals surface area contributed by atoms with Crippen molar-refractivity contribution in [3.8, 4) is 0 Å². The Bertz CT molecular complexity index is 619. The molecule has 1 heterocycles. The van der Waals surface area contributed by atoms with E-state index in [2.05, 4.69) is 21.4 Å². The van der Waals surface area contributed by atoms with E-state index in [1.165, 1.54) is 44.9 Å². The lowest BCUT2D eigenvalue weighted by molar-refractivity contribution is -0.122. The zero-order valence-corrected chi connectivity index (χ0v) is 18.8. The fraction of sp³-hybridized carbons (Fsp3) is 0.810. The zero-order chi connectivity index (χ0) is 21.6. The number of amides is 1. The summed E-state index contributed by atoms with van der Waals surface area (Å²) in [5, 5.41) is 3.02. The summed E-state index contributed by atoms with van der Waals surface area (Å²) in [4.78, 5) is 16.8. The lowest BCUT2D eigenvalue weighted by atomic mass is 9.94. The van der Waals surface area contributed by atoms with Crippen LogP contribution in [0.4, 0.5) is 0 Å². The summed E-state index contributed by atoms with van der Waals surface area (Å²) in [6.07, 6.45) is 17.7. The van der Waals surface area contributed by atoms with Crippen molar-refractivity contribution < 1.29 is 21.9 Å². The minimum Gasteiger partial charge on any atom is -0.329 e. The molecule has 1 amide bonds. The highest BCUT2D eigenvalue weighted by molar-refractivity contribution is 7.80. The van der Waals surface area contributed by atoms with Crippen molar-refractivity contribution in [2.45, 2.75) is 96.6 Å². The van der Waals surface area contributed by atoms with E-state index in [0.29, 0.717) is 19.3 Å². The summed E-state index contributed by atoms with van der Waals surface area (Å²) in [6, 6.07) is 0. The molecular formula is C21H38N2O5S. The first-order valence-corrected chi connectivity index (χ1v) is 12.3. The molecule has 0 aliphatic carbocycles. The molecule has 2 unspecified atom stereocenters. The Balaban J connectivity index is 2.26. The van der Waals surface area contributed by atoms with Gasteiger partial charge in [0.05, 0.1) is 6.61 Å². The molecule has 1 aliphatic heterocycles. The number of carbonyl (C=O) groups is 1. The molecular weight excluding hydrogens is 392 g/mol. The fourth-order valence-electron chi connectivity index (χ4n) is 3.56. The van der Waals surface area contributed by atoms with Gasteiger partial charge in [-0.25, -0.2) is 4.18 Å². The second-order valence-electron chi connectivity index (χ2n) is 8.04. The van der Waals surface area contributed by atoms with Crippen molar-refractivity contribution in [1.29, 1.82) is 0 Å². The molecule has 0 saturated heterocycles. The molecule has 0 fully saturated rings. The van der Waals surface area contributed by atoms with Crippen LogP contribution in [0.1, 0.15) is 90.9 Å². The van der Waals surface area contributed by atoms with Gasteiger partial charge in [0, 0.05) is 12.6 Å². The predicted molar refractivity (Wildman–Crippen MR) is 116 cm³/mol. The third-order valence-corrected chi connectivity index (χ3v) is 5.59. The highest BCUT2D eigenvalue weighted by atomic mass is 32.3. The van der Waals surface area contributed by atoms with Crippen LogP contribution < -0.4 is 5.32 Å². The van der Waals surface area contributed by atoms with E-state index in [9.17, 15) is 13.2 Å². The summed E-state index contributed by atoms with van der Waals surface area (Å²) in [6.45, 7) is 4.06. The Labute approximate surface area is 176 Å². The first-order valence-electron chi connectivity index (χ1n) is 10.9. The maximum absolute atomic E-state index is 12.4. The molecule has 0 bridgehead atoms. The third kappa shape index (κ3) is 12.8. The summed E-state index contributed by atoms with van der Waals surface area (Å²) < 4.78 is 34.3. The van der Waals surface area contributed by atoms with Gasteiger partial charge < -0.3 is 5.32 Å². The van der Waals surface area contributed by atoms with Crippen LogP contribution in [0, 0.1) is 5.92 Å². The number of allylic oxidation sites excluding steroid dienone is 1. The van der Waals surface area contributed by atoms with E-state index in [4.69, 9.17) is 4.55 Å². The smallest absolute Gasteiger partial charge is 0.329 e. The van der Waals surface area contributed by atoms with Gasteiger partial charge in [0.1, 0.15) is 0 Å². The van der Waals surface area contributed by atoms with Crippen molar-refractivity contribution in [1.82, 2.24) is 5.32 Å². The van der Waals surface area contributed by atoms with Crippen molar-refractivity contribution in [2.75, 3.05) is 6.61 Å². The summed E-state index contributed by atoms with van der Waals surface area (Å²) >= 11 is 0. The van der Waals surface area contributed by atoms with Crippen molar-refractivity contribution in [3.63, 3.8) is 0 Å². The van der Waals surface area contributed by atoms with E-state index < -0.39 is 16.1 Å². The van der Waals surface area contributed by atoms with Crippen LogP contribution in [-0.4, -0.2) is 37.4 Å². The number of hydrogen-bond donors (Lipinski definition) is 2. The van der Waals surface area contributed by atoms with Gasteiger partial charge in [-0.1, -0.05) is 65.2 Å². The Morgan fingerprint density at radius 2 is 1.76 bits per heavy atom. The molecule has 0 aromatic rings. The monoisotopic (exact) mass is 430 g/mol. The van der Waals surface area contributed by atoms with Gasteiger partial charge in [-0.05, 0) is 37.3 Å². The molecule has 29 heavy (non-hydrogen) atoms. The van der Waals surface area contributed by atoms with E-state index in [1.807, 2.05) is 13.0 Å². The maximum Gasteiger partial charge on any atom is 0.397 e. The molecule has 8 heteroatoms. The molecule has 2 atom stereocenters. The van der Waals surface area contributed by atoms with Gasteiger partial charge in [-0.3, -0.25) is 14.3 Å². The van der Waals surface area contributed by atoms with Crippen LogP contribution in [-0.2, 0) is 19.4 Å². The number of rotatable bonds is 17. The average Bonchev–Trinajstić information content (AvgIpc) is 3.06. The molecule has 0 radical (unpaired) electrons. The van der Waals surface area contributed by atoms with Crippen LogP contribution in [0.25, 0.3) is 0 Å². The van der Waals surface area contributed by atoms with Crippen molar-refractivity contribution >= 4 is 22.5 Å². The van der Waals surface area contributed by atoms with Gasteiger partial charge in [0.2, 0.25) is 5.91 Å². The predicted octanol–water partition coefficient (Wildman–Crippen LogP) is 4.60. The van der Waals surface area contributed by atoms with Crippen LogP contribution in [0.2, 0.25) is 0 Å². The standard InChI is InChI=1S/C21H38N2O5S/c1-3-4-5-6-7-8-9-10-11-13-20(24)23-21(15-12-16-22-21)18-19(2)14-17-28-29(25,26)27/h12,15-16,19H,3-11,13-14,17-18H2,1-2H3,(H,23,24)(H,25,26,27). The molecule has 168 valence electrons. The van der Waals surface area contributed by atoms with Gasteiger partial charge in [0.25, 0.3) is 0 Å². The molecule has 0 spiro atoms. The number of carbonyl (C=O) groups excluding carboxylic acids is 1. The maximum atomic E-state index is 12.4. The van der Waals surface area contributed by atoms with E-state index in [1.54, 1.807) is 12.3 Å². The van der Waals surface area contributed by atoms with Crippen LogP contribution in [0.3, 0.4) is 0 Å². The topological polar surface area (TPSA) is 105 Å². The van der Waals surface area contributed by atoms with Crippen molar-refractivity contribution in [2.24, 2.45) is 10.9 Å². The van der Waals surface area contributed by atoms with Crippen LogP contribution in [0.15, 0.2) is 17.1 Å². The van der Waals surface area contributed by atoms with E-state index >= 15 is 0 Å². The highest BCUT2D eigenvalue weighted by Crippen LogP contribution is 2.25. The molecule has 2 N–H and O–H groups in total. The quantitative estimate of drug-likeness (QED) is 0.259. The third-order valence-electron chi connectivity index (χ3n) is 5.13. The molecule has 1 rings (SSSR count). The van der Waals surface area contributed by atoms with Crippen molar-refractivity contribution in [3.05, 3.63) is 12.2 Å². The fourth-order valence-corrected chi connectivity index (χ4v) is 3.86. The largest absolute Gasteiger partial charge is 0.397 e. The van der Waals surface area contributed by atoms with E-state index in [0.717, 1.165) is 12.8 Å². The number of nitrogens with zero attached hydrogens (tertiary/aromatic N) is 1. The Morgan fingerprint density at radius 1 is 1.14 bits per heavy atom. The lowest BCUT2D eigenvalue weighted by Crippen LogP contribution is -2.45. The minimum atomic E-state index is -4.42. The molecule has 1 aliphatic rings. The summed E-state index contributed by atoms with van der Waals surface area (Å²) in [5.74, 6) is 0.0303. The number of aliphatic imine (C=N–C) groups is 1. The summed E-state index contributed by atoms with van der Waals surface area (Å²) in [7, 11) is -4.42. The number of nitrogens with one attached hydrogen (secondary N) is 1. The Hall–Kier alpha value is -1.25. The minimum absolute atomic E-state index is 0.0157. The second-order valence-corrected chi connectivity index (χ2v) is 9.13. The Kier molecular flexibility index (Phi) is 12.3. The normalized spacial score (nSPS) is 19.6. The van der Waals surface area contributed by atoms with E-state index in [-0.39, 0.29) is 18.4 Å². The highest BCUT2D eigenvalue weighted by Gasteiger charge is 2.31. The molecule has 0 aromatic heterocycles. The first kappa shape index (κ1) is 25.8. The number of unbranched alkanes of at least 4 members (excludes halogenated alkanes) is 8. The average molecular weight is 431 g/mol. The van der Waals surface area contributed by atoms with Gasteiger partial charge in [0.15, 0.2) is 5.66 Å². The van der Waals surface area contributed by atoms with Gasteiger partial charge in [-0.2, -0.15) is 8.42 Å². The zero-order valence-electron chi connectivity index (χ0n) is 17.9. The van der Waals surface area contributed by atoms with Gasteiger partial charge in [-0.15, -0.1) is 0 Å². The van der Waals surface area contributed by atoms with Crippen LogP contribution in [0.5, 0.6) is 0 Å². The Morgan fingerprint density at radius 3 is 2.31 bits per heavy atom. The molecule has 7 nitrogen and oxygen atoms in total. The molecule has 0 aromatic carbocycles. The molecule has 0 saturated carbocycles. The summed E-state index contributed by atoms with van der Waals surface area (Å²) in [5.41, 5.74) is -0.770. The second kappa shape index (κ2) is 13.9. The SMILES string of the molecule is CCCCCCCCCCCC(=O)NC1(CC(C)CCOS(=O)(=O)O)C=CC=N1. The lowest BCUT2D eigenvalue weighted by Gasteiger charge is -2.28. The van der Waals surface area contributed by atoms with Gasteiger partial charge >= 0.3 is 10.4 Å². The van der Waals surface area contributed by atoms with Crippen LogP contribution >= 0.6 is 0 Å². The first-order chi connectivity index (χ1) is 13.8.